The van der Waals surface area contributed by atoms with Gasteiger partial charge in [-0.3, -0.25) is 4.79 Å². The summed E-state index contributed by atoms with van der Waals surface area (Å²) in [6, 6.07) is 0. The third-order valence-electron chi connectivity index (χ3n) is 4.95. The molecule has 0 radical (unpaired) electrons. The van der Waals surface area contributed by atoms with E-state index in [9.17, 15) is 9.90 Å². The van der Waals surface area contributed by atoms with Crippen molar-refractivity contribution in [2.75, 3.05) is 0 Å². The predicted octanol–water partition coefficient (Wildman–Crippen LogP) is 5.81. The van der Waals surface area contributed by atoms with Gasteiger partial charge in [-0.1, -0.05) is 84.5 Å². The van der Waals surface area contributed by atoms with Gasteiger partial charge in [0.1, 0.15) is 6.23 Å². The topological polar surface area (TPSA) is 98.6 Å². The number of rotatable bonds is 19. The fourth-order valence-corrected chi connectivity index (χ4v) is 3.14. The summed E-state index contributed by atoms with van der Waals surface area (Å²) in [6.45, 7) is 8.19. The van der Waals surface area contributed by atoms with E-state index in [1.165, 1.54) is 57.8 Å². The number of aliphatic hydroxyl groups excluding tert-OH is 1. The zero-order chi connectivity index (χ0) is 22.3. The van der Waals surface area contributed by atoms with Gasteiger partial charge in [0.25, 0.3) is 0 Å². The summed E-state index contributed by atoms with van der Waals surface area (Å²) in [5.74, 6) is -0.178. The van der Waals surface area contributed by atoms with Crippen molar-refractivity contribution in [2.24, 2.45) is 11.5 Å². The highest BCUT2D eigenvalue weighted by Gasteiger charge is 2.03. The maximum Gasteiger partial charge on any atom is 0.217 e. The molecule has 1 amide bonds. The molecule has 0 aliphatic heterocycles. The number of aliphatic hydroxyl groups is 1. The van der Waals surface area contributed by atoms with Crippen molar-refractivity contribution >= 4 is 5.91 Å². The highest BCUT2D eigenvalue weighted by atomic mass is 16.5. The van der Waals surface area contributed by atoms with E-state index in [1.54, 1.807) is 0 Å². The van der Waals surface area contributed by atoms with Crippen LogP contribution in [-0.2, 0) is 9.53 Å². The van der Waals surface area contributed by atoms with Crippen molar-refractivity contribution in [3.05, 3.63) is 0 Å². The Morgan fingerprint density at radius 2 is 1.28 bits per heavy atom. The monoisotopic (exact) mass is 416 g/mol. The van der Waals surface area contributed by atoms with Gasteiger partial charge in [0, 0.05) is 6.42 Å². The van der Waals surface area contributed by atoms with Crippen LogP contribution in [0.15, 0.2) is 0 Å². The van der Waals surface area contributed by atoms with Gasteiger partial charge in [0.2, 0.25) is 5.91 Å². The van der Waals surface area contributed by atoms with Crippen molar-refractivity contribution in [3.8, 4) is 0 Å². The lowest BCUT2D eigenvalue weighted by Crippen LogP contribution is -2.25. The van der Waals surface area contributed by atoms with E-state index in [1.807, 2.05) is 20.8 Å². The van der Waals surface area contributed by atoms with E-state index < -0.39 is 0 Å². The molecule has 0 spiro atoms. The van der Waals surface area contributed by atoms with Crippen molar-refractivity contribution in [1.82, 2.24) is 0 Å². The first kappa shape index (κ1) is 30.5. The van der Waals surface area contributed by atoms with Crippen LogP contribution in [0.25, 0.3) is 0 Å². The fraction of sp³-hybridized carbons (Fsp3) is 0.958. The van der Waals surface area contributed by atoms with Crippen LogP contribution in [-0.4, -0.2) is 29.4 Å². The first-order chi connectivity index (χ1) is 13.8. The summed E-state index contributed by atoms with van der Waals surface area (Å²) in [5.41, 5.74) is 10.6. The Kier molecular flexibility index (Phi) is 24.9. The van der Waals surface area contributed by atoms with E-state index in [2.05, 4.69) is 6.92 Å². The molecule has 0 rings (SSSR count). The van der Waals surface area contributed by atoms with E-state index in [-0.39, 0.29) is 24.3 Å². The summed E-state index contributed by atoms with van der Waals surface area (Å²) in [7, 11) is 0. The number of primary amides is 1. The zero-order valence-electron chi connectivity index (χ0n) is 20.0. The Hall–Kier alpha value is -0.650. The van der Waals surface area contributed by atoms with Gasteiger partial charge in [-0.15, -0.1) is 0 Å². The Morgan fingerprint density at radius 3 is 1.66 bits per heavy atom. The van der Waals surface area contributed by atoms with E-state index >= 15 is 0 Å². The van der Waals surface area contributed by atoms with Gasteiger partial charge < -0.3 is 21.3 Å². The van der Waals surface area contributed by atoms with Crippen LogP contribution in [0.5, 0.6) is 0 Å². The number of carbonyl (C=O) groups is 1. The maximum atomic E-state index is 10.6. The molecule has 176 valence electrons. The smallest absolute Gasteiger partial charge is 0.217 e. The zero-order valence-corrected chi connectivity index (χ0v) is 20.0. The van der Waals surface area contributed by atoms with Crippen LogP contribution in [0.3, 0.4) is 0 Å². The largest absolute Gasteiger partial charge is 0.393 e. The standard InChI is InChI=1S/C18H37NO2.C6H15NO/c1-2-3-4-11-14-17(20)15-12-9-7-5-6-8-10-13-16-18(19)21;1-4-6(7)8-5(2)3/h17,20H,2-16H2,1H3,(H2,19,21);5-6H,4,7H2,1-3H3. The third kappa shape index (κ3) is 29.6. The number of unbranched alkanes of at least 4 members (excludes halogenated alkanes) is 10. The third-order valence-corrected chi connectivity index (χ3v) is 4.95. The number of carbonyl (C=O) groups excluding carboxylic acids is 1. The second kappa shape index (κ2) is 23.6. The van der Waals surface area contributed by atoms with E-state index in [0.717, 1.165) is 38.5 Å². The number of hydrogen-bond acceptors (Lipinski definition) is 4. The molecule has 0 aliphatic carbocycles. The van der Waals surface area contributed by atoms with Crippen molar-refractivity contribution in [2.45, 2.75) is 149 Å². The van der Waals surface area contributed by atoms with Crippen molar-refractivity contribution < 1.29 is 14.6 Å². The minimum atomic E-state index is -0.178. The molecular weight excluding hydrogens is 364 g/mol. The van der Waals surface area contributed by atoms with Gasteiger partial charge in [-0.05, 0) is 39.5 Å². The Bertz CT molecular complexity index is 338. The van der Waals surface area contributed by atoms with Crippen LogP contribution < -0.4 is 11.5 Å². The van der Waals surface area contributed by atoms with Gasteiger partial charge in [0.05, 0.1) is 12.2 Å². The first-order valence-electron chi connectivity index (χ1n) is 12.2. The molecular formula is C24H52N2O3. The Morgan fingerprint density at radius 1 is 0.828 bits per heavy atom. The van der Waals surface area contributed by atoms with Crippen LogP contribution in [0.1, 0.15) is 130 Å². The van der Waals surface area contributed by atoms with Gasteiger partial charge >= 0.3 is 0 Å². The second-order valence-corrected chi connectivity index (χ2v) is 8.47. The van der Waals surface area contributed by atoms with E-state index in [0.29, 0.717) is 6.42 Å². The quantitative estimate of drug-likeness (QED) is 0.183. The Labute approximate surface area is 181 Å². The highest BCUT2D eigenvalue weighted by Crippen LogP contribution is 2.14. The lowest BCUT2D eigenvalue weighted by Gasteiger charge is -2.12. The molecule has 2 atom stereocenters. The molecule has 29 heavy (non-hydrogen) atoms. The minimum Gasteiger partial charge on any atom is -0.393 e. The van der Waals surface area contributed by atoms with Crippen LogP contribution in [0.2, 0.25) is 0 Å². The van der Waals surface area contributed by atoms with Gasteiger partial charge in [-0.25, -0.2) is 0 Å². The molecule has 0 aromatic carbocycles. The summed E-state index contributed by atoms with van der Waals surface area (Å²) >= 11 is 0. The lowest BCUT2D eigenvalue weighted by molar-refractivity contribution is -0.118. The average Bonchev–Trinajstić information content (AvgIpc) is 2.66. The fourth-order valence-electron chi connectivity index (χ4n) is 3.14. The highest BCUT2D eigenvalue weighted by molar-refractivity contribution is 5.73. The molecule has 0 saturated heterocycles. The molecule has 2 unspecified atom stereocenters. The summed E-state index contributed by atoms with van der Waals surface area (Å²) in [6.07, 6.45) is 18.0. The van der Waals surface area contributed by atoms with Gasteiger partial charge in [-0.2, -0.15) is 0 Å². The molecule has 5 nitrogen and oxygen atoms in total. The number of amides is 1. The van der Waals surface area contributed by atoms with Crippen molar-refractivity contribution in [3.63, 3.8) is 0 Å². The molecule has 0 aliphatic rings. The van der Waals surface area contributed by atoms with Crippen LogP contribution in [0, 0.1) is 0 Å². The molecule has 5 heteroatoms. The molecule has 0 aromatic rings. The minimum absolute atomic E-state index is 0.0735. The van der Waals surface area contributed by atoms with Crippen LogP contribution in [0.4, 0.5) is 0 Å². The predicted molar refractivity (Wildman–Crippen MR) is 125 cm³/mol. The van der Waals surface area contributed by atoms with E-state index in [4.69, 9.17) is 16.2 Å². The Balaban J connectivity index is 0. The molecule has 5 N–H and O–H groups in total. The molecule has 0 heterocycles. The first-order valence-corrected chi connectivity index (χ1v) is 12.2. The molecule has 0 saturated carbocycles. The summed E-state index contributed by atoms with van der Waals surface area (Å²) in [4.78, 5) is 10.6. The number of nitrogens with two attached hydrogens (primary N) is 2. The molecule has 0 aromatic heterocycles. The summed E-state index contributed by atoms with van der Waals surface area (Å²) < 4.78 is 5.18. The SMILES string of the molecule is CCC(N)OC(C)C.CCCCCCC(O)CCCCCCCCCCC(N)=O. The normalized spacial score (nSPS) is 13.1. The maximum absolute atomic E-state index is 10.6. The second-order valence-electron chi connectivity index (χ2n) is 8.47. The molecule has 0 bridgehead atoms. The van der Waals surface area contributed by atoms with Gasteiger partial charge in [0.15, 0.2) is 0 Å². The number of hydrogen-bond donors (Lipinski definition) is 3. The molecule has 0 fully saturated rings. The average molecular weight is 417 g/mol. The summed E-state index contributed by atoms with van der Waals surface area (Å²) in [5, 5.41) is 9.86. The van der Waals surface area contributed by atoms with Crippen molar-refractivity contribution in [1.29, 1.82) is 0 Å². The number of ether oxygens (including phenoxy) is 1. The van der Waals surface area contributed by atoms with Crippen LogP contribution >= 0.6 is 0 Å². The lowest BCUT2D eigenvalue weighted by atomic mass is 10.0.